The highest BCUT2D eigenvalue weighted by atomic mass is 35.5. The second kappa shape index (κ2) is 7.61. The number of hydrogen-bond acceptors (Lipinski definition) is 4. The predicted octanol–water partition coefficient (Wildman–Crippen LogP) is 3.25. The van der Waals surface area contributed by atoms with E-state index in [0.717, 1.165) is 5.56 Å². The maximum Gasteiger partial charge on any atom is 0.330 e. The standard InChI is InChI=1S/C17H16ClNO3/c1-22-17(21)15(9-12-5-3-2-4-6-12)19-11-13-10-14(18)7-8-16(13)20/h2-8,10-11,15,20H,9H2,1H3/t15-/m0/s1. The molecule has 0 aliphatic carbocycles. The number of halogens is 1. The van der Waals surface area contributed by atoms with Crippen LogP contribution in [0.4, 0.5) is 0 Å². The second-order valence-corrected chi connectivity index (χ2v) is 5.15. The number of benzene rings is 2. The first-order valence-electron chi connectivity index (χ1n) is 6.73. The Hall–Kier alpha value is -2.33. The first-order valence-corrected chi connectivity index (χ1v) is 7.11. The fraction of sp³-hybridized carbons (Fsp3) is 0.176. The molecule has 0 amide bonds. The number of hydrogen-bond donors (Lipinski definition) is 1. The van der Waals surface area contributed by atoms with Crippen LogP contribution in [0.5, 0.6) is 5.75 Å². The van der Waals surface area contributed by atoms with E-state index in [1.165, 1.54) is 19.4 Å². The van der Waals surface area contributed by atoms with Gasteiger partial charge in [0.25, 0.3) is 0 Å². The quantitative estimate of drug-likeness (QED) is 0.680. The van der Waals surface area contributed by atoms with Gasteiger partial charge in [0.15, 0.2) is 6.04 Å². The Morgan fingerprint density at radius 3 is 2.73 bits per heavy atom. The molecule has 5 heteroatoms. The van der Waals surface area contributed by atoms with Crippen LogP contribution in [0.2, 0.25) is 5.02 Å². The topological polar surface area (TPSA) is 58.9 Å². The summed E-state index contributed by atoms with van der Waals surface area (Å²) in [4.78, 5) is 16.1. The molecule has 0 aliphatic heterocycles. The van der Waals surface area contributed by atoms with E-state index in [2.05, 4.69) is 4.99 Å². The minimum Gasteiger partial charge on any atom is -0.507 e. The smallest absolute Gasteiger partial charge is 0.330 e. The Morgan fingerprint density at radius 2 is 2.05 bits per heavy atom. The molecule has 1 N–H and O–H groups in total. The third kappa shape index (κ3) is 4.33. The summed E-state index contributed by atoms with van der Waals surface area (Å²) >= 11 is 5.89. The van der Waals surface area contributed by atoms with Gasteiger partial charge in [-0.1, -0.05) is 41.9 Å². The van der Waals surface area contributed by atoms with E-state index in [-0.39, 0.29) is 5.75 Å². The molecule has 0 saturated carbocycles. The number of phenolic OH excluding ortho intramolecular Hbond substituents is 1. The van der Waals surface area contributed by atoms with Gasteiger partial charge in [-0.25, -0.2) is 4.79 Å². The molecule has 0 saturated heterocycles. The SMILES string of the molecule is COC(=O)[C@H](Cc1ccccc1)N=Cc1cc(Cl)ccc1O. The van der Waals surface area contributed by atoms with Crippen molar-refractivity contribution in [3.63, 3.8) is 0 Å². The molecule has 0 unspecified atom stereocenters. The third-order valence-corrected chi connectivity index (χ3v) is 3.36. The fourth-order valence-electron chi connectivity index (χ4n) is 1.97. The van der Waals surface area contributed by atoms with E-state index in [1.807, 2.05) is 30.3 Å². The summed E-state index contributed by atoms with van der Waals surface area (Å²) in [5.41, 5.74) is 1.43. The average molecular weight is 318 g/mol. The molecule has 1 atom stereocenters. The van der Waals surface area contributed by atoms with Crippen LogP contribution in [0.25, 0.3) is 0 Å². The van der Waals surface area contributed by atoms with Crippen molar-refractivity contribution in [1.82, 2.24) is 0 Å². The molecule has 0 heterocycles. The highest BCUT2D eigenvalue weighted by Crippen LogP contribution is 2.20. The molecule has 114 valence electrons. The van der Waals surface area contributed by atoms with Gasteiger partial charge in [-0.05, 0) is 23.8 Å². The van der Waals surface area contributed by atoms with Crippen LogP contribution in [0, 0.1) is 0 Å². The zero-order valence-corrected chi connectivity index (χ0v) is 12.8. The van der Waals surface area contributed by atoms with Crippen molar-refractivity contribution in [3.05, 3.63) is 64.7 Å². The summed E-state index contributed by atoms with van der Waals surface area (Å²) in [6.07, 6.45) is 1.86. The number of methoxy groups -OCH3 is 1. The van der Waals surface area contributed by atoms with Crippen molar-refractivity contribution in [3.8, 4) is 5.75 Å². The summed E-state index contributed by atoms with van der Waals surface area (Å²) in [6.45, 7) is 0. The van der Waals surface area contributed by atoms with Gasteiger partial charge in [-0.2, -0.15) is 0 Å². The Bertz CT molecular complexity index is 671. The second-order valence-electron chi connectivity index (χ2n) is 4.71. The number of nitrogens with zero attached hydrogens (tertiary/aromatic N) is 1. The molecular formula is C17H16ClNO3. The molecule has 0 aromatic heterocycles. The van der Waals surface area contributed by atoms with Crippen molar-refractivity contribution >= 4 is 23.8 Å². The van der Waals surface area contributed by atoms with E-state index >= 15 is 0 Å². The zero-order chi connectivity index (χ0) is 15.9. The number of aliphatic imine (C=N–C) groups is 1. The van der Waals surface area contributed by atoms with Crippen molar-refractivity contribution in [2.45, 2.75) is 12.5 Å². The lowest BCUT2D eigenvalue weighted by Gasteiger charge is -2.10. The first-order chi connectivity index (χ1) is 10.6. The molecular weight excluding hydrogens is 302 g/mol. The molecule has 0 spiro atoms. The van der Waals surface area contributed by atoms with Crippen molar-refractivity contribution in [2.24, 2.45) is 4.99 Å². The highest BCUT2D eigenvalue weighted by molar-refractivity contribution is 6.30. The summed E-state index contributed by atoms with van der Waals surface area (Å²) < 4.78 is 4.79. The molecule has 4 nitrogen and oxygen atoms in total. The molecule has 0 radical (unpaired) electrons. The van der Waals surface area contributed by atoms with Gasteiger partial charge in [0.1, 0.15) is 5.75 Å². The van der Waals surface area contributed by atoms with Crippen LogP contribution in [-0.2, 0) is 16.0 Å². The van der Waals surface area contributed by atoms with Gasteiger partial charge in [-0.3, -0.25) is 4.99 Å². The lowest BCUT2D eigenvalue weighted by Crippen LogP contribution is -2.23. The number of carbonyl (C=O) groups is 1. The Kier molecular flexibility index (Phi) is 5.55. The van der Waals surface area contributed by atoms with Crippen LogP contribution >= 0.6 is 11.6 Å². The molecule has 0 fully saturated rings. The Balaban J connectivity index is 2.21. The number of esters is 1. The lowest BCUT2D eigenvalue weighted by molar-refractivity contribution is -0.142. The maximum atomic E-state index is 11.9. The van der Waals surface area contributed by atoms with E-state index in [9.17, 15) is 9.90 Å². The Labute approximate surface area is 134 Å². The molecule has 22 heavy (non-hydrogen) atoms. The van der Waals surface area contributed by atoms with Crippen LogP contribution in [0.3, 0.4) is 0 Å². The van der Waals surface area contributed by atoms with Crippen LogP contribution < -0.4 is 0 Å². The number of rotatable bonds is 5. The van der Waals surface area contributed by atoms with E-state index in [4.69, 9.17) is 16.3 Å². The number of aromatic hydroxyl groups is 1. The van der Waals surface area contributed by atoms with Gasteiger partial charge >= 0.3 is 5.97 Å². The maximum absolute atomic E-state index is 11.9. The zero-order valence-electron chi connectivity index (χ0n) is 12.1. The lowest BCUT2D eigenvalue weighted by atomic mass is 10.1. The molecule has 2 aromatic rings. The number of phenols is 1. The molecule has 0 bridgehead atoms. The van der Waals surface area contributed by atoms with E-state index < -0.39 is 12.0 Å². The van der Waals surface area contributed by atoms with Crippen molar-refractivity contribution in [1.29, 1.82) is 0 Å². The van der Waals surface area contributed by atoms with Gasteiger partial charge in [0.2, 0.25) is 0 Å². The van der Waals surface area contributed by atoms with Gasteiger partial charge in [0, 0.05) is 23.2 Å². The largest absolute Gasteiger partial charge is 0.507 e. The van der Waals surface area contributed by atoms with Crippen molar-refractivity contribution < 1.29 is 14.6 Å². The average Bonchev–Trinajstić information content (AvgIpc) is 2.54. The predicted molar refractivity (Wildman–Crippen MR) is 86.7 cm³/mol. The van der Waals surface area contributed by atoms with E-state index in [0.29, 0.717) is 17.0 Å². The summed E-state index contributed by atoms with van der Waals surface area (Å²) in [7, 11) is 1.33. The van der Waals surface area contributed by atoms with Crippen LogP contribution in [0.1, 0.15) is 11.1 Å². The normalized spacial score (nSPS) is 12.3. The van der Waals surface area contributed by atoms with Crippen molar-refractivity contribution in [2.75, 3.05) is 7.11 Å². The van der Waals surface area contributed by atoms with Gasteiger partial charge in [-0.15, -0.1) is 0 Å². The monoisotopic (exact) mass is 317 g/mol. The number of ether oxygens (including phenoxy) is 1. The minimum absolute atomic E-state index is 0.0523. The van der Waals surface area contributed by atoms with E-state index in [1.54, 1.807) is 12.1 Å². The molecule has 2 rings (SSSR count). The van der Waals surface area contributed by atoms with Gasteiger partial charge in [0.05, 0.1) is 7.11 Å². The summed E-state index contributed by atoms with van der Waals surface area (Å²) in [6, 6.07) is 13.5. The fourth-order valence-corrected chi connectivity index (χ4v) is 2.15. The van der Waals surface area contributed by atoms with Crippen LogP contribution in [-0.4, -0.2) is 30.4 Å². The van der Waals surface area contributed by atoms with Gasteiger partial charge < -0.3 is 9.84 Å². The molecule has 2 aromatic carbocycles. The number of carbonyl (C=O) groups excluding carboxylic acids is 1. The minimum atomic E-state index is -0.675. The first kappa shape index (κ1) is 16.0. The molecule has 0 aliphatic rings. The van der Waals surface area contributed by atoms with Crippen LogP contribution in [0.15, 0.2) is 53.5 Å². The summed E-state index contributed by atoms with van der Waals surface area (Å²) in [5, 5.41) is 10.3. The highest BCUT2D eigenvalue weighted by Gasteiger charge is 2.18. The summed E-state index contributed by atoms with van der Waals surface area (Å²) in [5.74, 6) is -0.377. The third-order valence-electron chi connectivity index (χ3n) is 3.13. The Morgan fingerprint density at radius 1 is 1.32 bits per heavy atom.